The van der Waals surface area contributed by atoms with Gasteiger partial charge in [0.2, 0.25) is 0 Å². The molecule has 0 unspecified atom stereocenters. The first kappa shape index (κ1) is 12.3. The molecule has 3 nitrogen and oxygen atoms in total. The fourth-order valence-corrected chi connectivity index (χ4v) is 1.93. The molecule has 0 aliphatic carbocycles. The van der Waals surface area contributed by atoms with Crippen LogP contribution >= 0.6 is 0 Å². The second-order valence-electron chi connectivity index (χ2n) is 4.29. The number of hydrogen-bond acceptors (Lipinski definition) is 3. The maximum absolute atomic E-state index is 12.8. The summed E-state index contributed by atoms with van der Waals surface area (Å²) in [6.07, 6.45) is 3.48. The van der Waals surface area contributed by atoms with Gasteiger partial charge >= 0.3 is 0 Å². The van der Waals surface area contributed by atoms with Crippen LogP contribution in [-0.4, -0.2) is 11.2 Å². The average molecular weight is 265 g/mol. The van der Waals surface area contributed by atoms with E-state index in [4.69, 9.17) is 0 Å². The summed E-state index contributed by atoms with van der Waals surface area (Å²) in [7, 11) is 0. The van der Waals surface area contributed by atoms with E-state index in [1.165, 1.54) is 12.1 Å². The topological polar surface area (TPSA) is 37.3 Å². The highest BCUT2D eigenvalue weighted by Crippen LogP contribution is 2.14. The lowest BCUT2D eigenvalue weighted by molar-refractivity contribution is 0.628. The standard InChI is InChI=1S/C16H12FN3/c17-13-5-7-14(8-6-13)20-19-11-12-9-10-18-16-4-2-1-3-15(12)16/h1-11,20H/b19-11+. The molecule has 98 valence electrons. The van der Waals surface area contributed by atoms with Gasteiger partial charge in [-0.25, -0.2) is 4.39 Å². The van der Waals surface area contributed by atoms with Crippen molar-refractivity contribution in [1.29, 1.82) is 0 Å². The number of nitrogens with one attached hydrogen (secondary N) is 1. The average Bonchev–Trinajstić information content (AvgIpc) is 2.49. The van der Waals surface area contributed by atoms with Crippen LogP contribution in [-0.2, 0) is 0 Å². The molecule has 1 aromatic heterocycles. The van der Waals surface area contributed by atoms with Crippen molar-refractivity contribution >= 4 is 22.8 Å². The lowest BCUT2D eigenvalue weighted by Gasteiger charge is -2.02. The van der Waals surface area contributed by atoms with Gasteiger partial charge in [-0.15, -0.1) is 0 Å². The summed E-state index contributed by atoms with van der Waals surface area (Å²) in [6, 6.07) is 15.8. The second-order valence-corrected chi connectivity index (χ2v) is 4.29. The minimum absolute atomic E-state index is 0.264. The molecule has 1 N–H and O–H groups in total. The Morgan fingerprint density at radius 3 is 2.65 bits per heavy atom. The van der Waals surface area contributed by atoms with Gasteiger partial charge in [0.05, 0.1) is 17.4 Å². The van der Waals surface area contributed by atoms with Crippen molar-refractivity contribution in [2.75, 3.05) is 5.43 Å². The highest BCUT2D eigenvalue weighted by atomic mass is 19.1. The van der Waals surface area contributed by atoms with E-state index in [-0.39, 0.29) is 5.82 Å². The smallest absolute Gasteiger partial charge is 0.123 e. The van der Waals surface area contributed by atoms with Crippen LogP contribution in [0.25, 0.3) is 10.9 Å². The largest absolute Gasteiger partial charge is 0.279 e. The van der Waals surface area contributed by atoms with Gasteiger partial charge in [-0.05, 0) is 36.4 Å². The van der Waals surface area contributed by atoms with Crippen LogP contribution in [0.1, 0.15) is 5.56 Å². The molecule has 0 radical (unpaired) electrons. The zero-order valence-electron chi connectivity index (χ0n) is 10.6. The monoisotopic (exact) mass is 265 g/mol. The molecule has 3 aromatic rings. The molecule has 0 saturated heterocycles. The Morgan fingerprint density at radius 2 is 1.80 bits per heavy atom. The number of nitrogens with zero attached hydrogens (tertiary/aromatic N) is 2. The molecule has 0 saturated carbocycles. The normalized spacial score (nSPS) is 11.1. The molecule has 1 heterocycles. The van der Waals surface area contributed by atoms with Crippen LogP contribution in [0.15, 0.2) is 65.9 Å². The summed E-state index contributed by atoms with van der Waals surface area (Å²) >= 11 is 0. The summed E-state index contributed by atoms with van der Waals surface area (Å²) < 4.78 is 12.8. The molecular weight excluding hydrogens is 253 g/mol. The highest BCUT2D eigenvalue weighted by molar-refractivity contribution is 5.98. The summed E-state index contributed by atoms with van der Waals surface area (Å²) in [5, 5.41) is 5.21. The van der Waals surface area contributed by atoms with Crippen molar-refractivity contribution in [3.63, 3.8) is 0 Å². The van der Waals surface area contributed by atoms with Crippen LogP contribution in [0, 0.1) is 5.82 Å². The molecule has 0 bridgehead atoms. The fraction of sp³-hybridized carbons (Fsp3) is 0. The zero-order chi connectivity index (χ0) is 13.8. The molecule has 0 aliphatic rings. The highest BCUT2D eigenvalue weighted by Gasteiger charge is 1.98. The van der Waals surface area contributed by atoms with E-state index in [1.54, 1.807) is 24.5 Å². The Balaban J connectivity index is 1.82. The number of hydrazone groups is 1. The Kier molecular flexibility index (Phi) is 3.37. The van der Waals surface area contributed by atoms with E-state index < -0.39 is 0 Å². The number of aromatic nitrogens is 1. The van der Waals surface area contributed by atoms with E-state index in [0.29, 0.717) is 0 Å². The Bertz CT molecular complexity index is 746. The van der Waals surface area contributed by atoms with Crippen LogP contribution in [0.2, 0.25) is 0 Å². The van der Waals surface area contributed by atoms with Crippen molar-refractivity contribution in [2.24, 2.45) is 5.10 Å². The van der Waals surface area contributed by atoms with E-state index in [1.807, 2.05) is 30.3 Å². The van der Waals surface area contributed by atoms with Gasteiger partial charge in [-0.2, -0.15) is 5.10 Å². The van der Waals surface area contributed by atoms with E-state index in [0.717, 1.165) is 22.2 Å². The van der Waals surface area contributed by atoms with Crippen molar-refractivity contribution < 1.29 is 4.39 Å². The number of rotatable bonds is 3. The summed E-state index contributed by atoms with van der Waals surface area (Å²) in [4.78, 5) is 4.29. The second kappa shape index (κ2) is 5.48. The number of pyridine rings is 1. The Morgan fingerprint density at radius 1 is 1.00 bits per heavy atom. The third-order valence-corrected chi connectivity index (χ3v) is 2.92. The fourth-order valence-electron chi connectivity index (χ4n) is 1.93. The van der Waals surface area contributed by atoms with Gasteiger partial charge in [-0.1, -0.05) is 18.2 Å². The summed E-state index contributed by atoms with van der Waals surface area (Å²) in [5.74, 6) is -0.264. The molecule has 2 aromatic carbocycles. The van der Waals surface area contributed by atoms with Gasteiger partial charge in [0, 0.05) is 17.1 Å². The van der Waals surface area contributed by atoms with Crippen molar-refractivity contribution in [1.82, 2.24) is 4.98 Å². The van der Waals surface area contributed by atoms with Crippen LogP contribution in [0.4, 0.5) is 10.1 Å². The van der Waals surface area contributed by atoms with E-state index in [2.05, 4.69) is 15.5 Å². The summed E-state index contributed by atoms with van der Waals surface area (Å²) in [6.45, 7) is 0. The van der Waals surface area contributed by atoms with E-state index in [9.17, 15) is 4.39 Å². The molecule has 0 atom stereocenters. The van der Waals surface area contributed by atoms with Gasteiger partial charge < -0.3 is 0 Å². The van der Waals surface area contributed by atoms with Gasteiger partial charge in [0.25, 0.3) is 0 Å². The first-order valence-electron chi connectivity index (χ1n) is 6.21. The number of fused-ring (bicyclic) bond motifs is 1. The predicted molar refractivity (Wildman–Crippen MR) is 79.4 cm³/mol. The lowest BCUT2D eigenvalue weighted by atomic mass is 10.1. The molecule has 0 aliphatic heterocycles. The van der Waals surface area contributed by atoms with Crippen molar-refractivity contribution in [2.45, 2.75) is 0 Å². The van der Waals surface area contributed by atoms with Crippen molar-refractivity contribution in [3.05, 3.63) is 72.2 Å². The number of halogens is 1. The van der Waals surface area contributed by atoms with Crippen LogP contribution in [0.3, 0.4) is 0 Å². The zero-order valence-corrected chi connectivity index (χ0v) is 10.6. The Labute approximate surface area is 115 Å². The van der Waals surface area contributed by atoms with Crippen LogP contribution in [0.5, 0.6) is 0 Å². The third kappa shape index (κ3) is 2.64. The first-order valence-corrected chi connectivity index (χ1v) is 6.21. The quantitative estimate of drug-likeness (QED) is 0.577. The minimum Gasteiger partial charge on any atom is -0.279 e. The molecule has 0 fully saturated rings. The first-order chi connectivity index (χ1) is 9.83. The summed E-state index contributed by atoms with van der Waals surface area (Å²) in [5.41, 5.74) is 5.51. The molecular formula is C16H12FN3. The molecule has 0 amide bonds. The van der Waals surface area contributed by atoms with Gasteiger partial charge in [-0.3, -0.25) is 10.4 Å². The SMILES string of the molecule is Fc1ccc(N/N=C/c2ccnc3ccccc23)cc1. The van der Waals surface area contributed by atoms with Crippen LogP contribution < -0.4 is 5.43 Å². The van der Waals surface area contributed by atoms with Crippen molar-refractivity contribution in [3.8, 4) is 0 Å². The van der Waals surface area contributed by atoms with E-state index >= 15 is 0 Å². The maximum atomic E-state index is 12.8. The Hall–Kier alpha value is -2.75. The molecule has 20 heavy (non-hydrogen) atoms. The number of benzene rings is 2. The molecule has 4 heteroatoms. The van der Waals surface area contributed by atoms with Gasteiger partial charge in [0.1, 0.15) is 5.82 Å². The third-order valence-electron chi connectivity index (χ3n) is 2.92. The minimum atomic E-state index is -0.264. The molecule has 0 spiro atoms. The predicted octanol–water partition coefficient (Wildman–Crippen LogP) is 3.82. The number of para-hydroxylation sites is 1. The number of hydrogen-bond donors (Lipinski definition) is 1. The van der Waals surface area contributed by atoms with Gasteiger partial charge in [0.15, 0.2) is 0 Å². The number of anilines is 1. The maximum Gasteiger partial charge on any atom is 0.123 e. The lowest BCUT2D eigenvalue weighted by Crippen LogP contribution is -1.92. The molecule has 3 rings (SSSR count).